The Hall–Kier alpha value is -0.873. The molecule has 0 amide bonds. The SMILES string of the molecule is CC(C)(C)[Si](C)(C)Oc1cccc2scnc12. The molecule has 2 nitrogen and oxygen atoms in total. The Bertz CT molecular complexity index is 527. The van der Waals surface area contributed by atoms with Gasteiger partial charge in [-0.3, -0.25) is 0 Å². The van der Waals surface area contributed by atoms with Crippen LogP contribution >= 0.6 is 11.3 Å². The normalized spacial score (nSPS) is 13.0. The van der Waals surface area contributed by atoms with E-state index in [1.54, 1.807) is 11.3 Å². The summed E-state index contributed by atoms with van der Waals surface area (Å²) in [5.41, 5.74) is 2.88. The summed E-state index contributed by atoms with van der Waals surface area (Å²) in [5.74, 6) is 0.940. The zero-order valence-corrected chi connectivity index (χ0v) is 12.9. The van der Waals surface area contributed by atoms with Crippen molar-refractivity contribution in [3.63, 3.8) is 0 Å². The molecule has 2 aromatic rings. The molecule has 1 aromatic carbocycles. The summed E-state index contributed by atoms with van der Waals surface area (Å²) in [6, 6.07) is 6.16. The average molecular weight is 265 g/mol. The summed E-state index contributed by atoms with van der Waals surface area (Å²) >= 11 is 1.66. The Morgan fingerprint density at radius 3 is 2.59 bits per heavy atom. The van der Waals surface area contributed by atoms with Crippen LogP contribution in [-0.4, -0.2) is 13.3 Å². The van der Waals surface area contributed by atoms with E-state index in [0.29, 0.717) is 0 Å². The fourth-order valence-electron chi connectivity index (χ4n) is 1.37. The summed E-state index contributed by atoms with van der Waals surface area (Å²) < 4.78 is 7.52. The molecule has 0 spiro atoms. The zero-order chi connectivity index (χ0) is 12.7. The van der Waals surface area contributed by atoms with Crippen LogP contribution in [0.4, 0.5) is 0 Å². The van der Waals surface area contributed by atoms with Gasteiger partial charge in [-0.15, -0.1) is 11.3 Å². The summed E-state index contributed by atoms with van der Waals surface area (Å²) in [5, 5.41) is 0.213. The van der Waals surface area contributed by atoms with Crippen molar-refractivity contribution < 1.29 is 4.43 Å². The van der Waals surface area contributed by atoms with E-state index >= 15 is 0 Å². The van der Waals surface area contributed by atoms with Crippen LogP contribution in [0.3, 0.4) is 0 Å². The van der Waals surface area contributed by atoms with Gasteiger partial charge in [0.25, 0.3) is 8.32 Å². The lowest BCUT2D eigenvalue weighted by atomic mass is 10.2. The van der Waals surface area contributed by atoms with Gasteiger partial charge in [0.15, 0.2) is 0 Å². The quantitative estimate of drug-likeness (QED) is 0.735. The second-order valence-electron chi connectivity index (χ2n) is 5.82. The third-order valence-electron chi connectivity index (χ3n) is 3.49. The second kappa shape index (κ2) is 4.10. The van der Waals surface area contributed by atoms with E-state index in [2.05, 4.69) is 44.9 Å². The molecule has 0 saturated heterocycles. The number of aromatic nitrogens is 1. The van der Waals surface area contributed by atoms with E-state index in [-0.39, 0.29) is 5.04 Å². The molecule has 0 saturated carbocycles. The Kier molecular flexibility index (Phi) is 3.04. The first-order chi connectivity index (χ1) is 7.81. The molecule has 0 fully saturated rings. The predicted molar refractivity (Wildman–Crippen MR) is 77.4 cm³/mol. The third kappa shape index (κ3) is 2.38. The number of benzene rings is 1. The number of hydrogen-bond donors (Lipinski definition) is 0. The molecule has 0 atom stereocenters. The summed E-state index contributed by atoms with van der Waals surface area (Å²) in [7, 11) is -1.77. The maximum atomic E-state index is 6.32. The summed E-state index contributed by atoms with van der Waals surface area (Å²) in [6.07, 6.45) is 0. The highest BCUT2D eigenvalue weighted by atomic mass is 32.1. The molecule has 0 aliphatic heterocycles. The first kappa shape index (κ1) is 12.6. The van der Waals surface area contributed by atoms with E-state index < -0.39 is 8.32 Å². The minimum Gasteiger partial charge on any atom is -0.542 e. The number of para-hydroxylation sites is 1. The molecule has 2 rings (SSSR count). The zero-order valence-electron chi connectivity index (χ0n) is 11.1. The maximum Gasteiger partial charge on any atom is 0.250 e. The van der Waals surface area contributed by atoms with Gasteiger partial charge in [-0.05, 0) is 30.3 Å². The Balaban J connectivity index is 2.39. The van der Waals surface area contributed by atoms with Gasteiger partial charge in [-0.1, -0.05) is 26.8 Å². The fourth-order valence-corrected chi connectivity index (χ4v) is 3.09. The van der Waals surface area contributed by atoms with E-state index in [4.69, 9.17) is 4.43 Å². The molecule has 0 N–H and O–H groups in total. The third-order valence-corrected chi connectivity index (χ3v) is 8.63. The van der Waals surface area contributed by atoms with Crippen LogP contribution in [-0.2, 0) is 0 Å². The van der Waals surface area contributed by atoms with E-state index in [1.165, 1.54) is 4.70 Å². The lowest BCUT2D eigenvalue weighted by Gasteiger charge is -2.36. The van der Waals surface area contributed by atoms with Crippen molar-refractivity contribution in [3.8, 4) is 5.75 Å². The van der Waals surface area contributed by atoms with Crippen LogP contribution < -0.4 is 4.43 Å². The van der Waals surface area contributed by atoms with Gasteiger partial charge in [-0.25, -0.2) is 4.98 Å². The summed E-state index contributed by atoms with van der Waals surface area (Å²) in [6.45, 7) is 11.3. The highest BCUT2D eigenvalue weighted by molar-refractivity contribution is 7.16. The number of hydrogen-bond acceptors (Lipinski definition) is 3. The number of thiazole rings is 1. The molecular weight excluding hydrogens is 246 g/mol. The first-order valence-electron chi connectivity index (χ1n) is 5.82. The Morgan fingerprint density at radius 2 is 1.94 bits per heavy atom. The van der Waals surface area contributed by atoms with Gasteiger partial charge in [0.05, 0.1) is 10.2 Å². The van der Waals surface area contributed by atoms with Gasteiger partial charge < -0.3 is 4.43 Å². The van der Waals surface area contributed by atoms with Crippen LogP contribution in [0, 0.1) is 0 Å². The smallest absolute Gasteiger partial charge is 0.250 e. The monoisotopic (exact) mass is 265 g/mol. The Morgan fingerprint density at radius 1 is 1.24 bits per heavy atom. The Labute approximate surface area is 108 Å². The standard InChI is InChI=1S/C13H19NOSSi/c1-13(2,3)17(4,5)15-10-7-6-8-11-12(10)14-9-16-11/h6-9H,1-5H3. The maximum absolute atomic E-state index is 6.32. The number of rotatable bonds is 2. The number of nitrogens with zero attached hydrogens (tertiary/aromatic N) is 1. The molecule has 4 heteroatoms. The molecule has 1 heterocycles. The van der Waals surface area contributed by atoms with Gasteiger partial charge in [0, 0.05) is 0 Å². The highest BCUT2D eigenvalue weighted by Gasteiger charge is 2.39. The fraction of sp³-hybridized carbons (Fsp3) is 0.462. The van der Waals surface area contributed by atoms with Crippen molar-refractivity contribution in [1.82, 2.24) is 4.98 Å². The van der Waals surface area contributed by atoms with Crippen molar-refractivity contribution in [3.05, 3.63) is 23.7 Å². The van der Waals surface area contributed by atoms with Crippen molar-refractivity contribution >= 4 is 29.9 Å². The van der Waals surface area contributed by atoms with Crippen LogP contribution in [0.25, 0.3) is 10.2 Å². The molecule has 92 valence electrons. The minimum atomic E-state index is -1.77. The largest absolute Gasteiger partial charge is 0.542 e. The van der Waals surface area contributed by atoms with Crippen molar-refractivity contribution in [2.75, 3.05) is 0 Å². The molecule has 17 heavy (non-hydrogen) atoms. The van der Waals surface area contributed by atoms with E-state index in [9.17, 15) is 0 Å². The average Bonchev–Trinajstić information content (AvgIpc) is 2.64. The van der Waals surface area contributed by atoms with Crippen molar-refractivity contribution in [2.45, 2.75) is 38.9 Å². The molecule has 1 aromatic heterocycles. The van der Waals surface area contributed by atoms with Gasteiger partial charge in [-0.2, -0.15) is 0 Å². The minimum absolute atomic E-state index is 0.213. The van der Waals surface area contributed by atoms with Crippen LogP contribution in [0.1, 0.15) is 20.8 Å². The van der Waals surface area contributed by atoms with Crippen LogP contribution in [0.15, 0.2) is 23.7 Å². The van der Waals surface area contributed by atoms with Crippen molar-refractivity contribution in [1.29, 1.82) is 0 Å². The topological polar surface area (TPSA) is 22.1 Å². The van der Waals surface area contributed by atoms with Crippen LogP contribution in [0.2, 0.25) is 18.1 Å². The first-order valence-corrected chi connectivity index (χ1v) is 9.61. The molecule has 0 unspecified atom stereocenters. The highest BCUT2D eigenvalue weighted by Crippen LogP contribution is 2.39. The lowest BCUT2D eigenvalue weighted by molar-refractivity contribution is 0.496. The van der Waals surface area contributed by atoms with E-state index in [1.807, 2.05) is 17.6 Å². The second-order valence-corrected chi connectivity index (χ2v) is 11.4. The molecule has 0 aliphatic rings. The molecule has 0 aliphatic carbocycles. The van der Waals surface area contributed by atoms with Crippen molar-refractivity contribution in [2.24, 2.45) is 0 Å². The lowest BCUT2D eigenvalue weighted by Crippen LogP contribution is -2.43. The van der Waals surface area contributed by atoms with E-state index in [0.717, 1.165) is 11.3 Å². The molecular formula is C13H19NOSSi. The molecule has 0 bridgehead atoms. The number of fused-ring (bicyclic) bond motifs is 1. The van der Waals surface area contributed by atoms with Gasteiger partial charge in [0.1, 0.15) is 11.3 Å². The predicted octanol–water partition coefficient (Wildman–Crippen LogP) is 4.68. The van der Waals surface area contributed by atoms with Gasteiger partial charge >= 0.3 is 0 Å². The van der Waals surface area contributed by atoms with Crippen LogP contribution in [0.5, 0.6) is 5.75 Å². The van der Waals surface area contributed by atoms with Gasteiger partial charge in [0.2, 0.25) is 0 Å². The molecule has 0 radical (unpaired) electrons. The summed E-state index contributed by atoms with van der Waals surface area (Å²) in [4.78, 5) is 4.40.